The van der Waals surface area contributed by atoms with Gasteiger partial charge in [0.1, 0.15) is 0 Å². The second kappa shape index (κ2) is 9.32. The van der Waals surface area contributed by atoms with Crippen molar-refractivity contribution in [3.8, 4) is 0 Å². The Hall–Kier alpha value is -1.43. The molecule has 25 heavy (non-hydrogen) atoms. The molecule has 1 radical (unpaired) electrons. The van der Waals surface area contributed by atoms with Gasteiger partial charge in [0.25, 0.3) is 0 Å². The molecule has 0 aliphatic carbocycles. The van der Waals surface area contributed by atoms with Gasteiger partial charge in [-0.2, -0.15) is 0 Å². The van der Waals surface area contributed by atoms with Crippen LogP contribution in [-0.2, 0) is 0 Å². The first-order chi connectivity index (χ1) is 11.7. The van der Waals surface area contributed by atoms with E-state index in [4.69, 9.17) is 0 Å². The lowest BCUT2D eigenvalue weighted by atomic mass is 10.2. The molecule has 0 fully saturated rings. The van der Waals surface area contributed by atoms with Crippen LogP contribution >= 0.6 is 24.2 Å². The van der Waals surface area contributed by atoms with Crippen LogP contribution in [0.15, 0.2) is 91.0 Å². The third-order valence-corrected chi connectivity index (χ3v) is 9.10. The Labute approximate surface area is 163 Å². The quantitative estimate of drug-likeness (QED) is 0.461. The average molecular weight is 414 g/mol. The Bertz CT molecular complexity index is 642. The Balaban J connectivity index is 0.00000225. The highest BCUT2D eigenvalue weighted by Crippen LogP contribution is 2.56. The monoisotopic (exact) mass is 413 g/mol. The maximum Gasteiger partial charge on any atom is -0.0196 e. The van der Waals surface area contributed by atoms with Gasteiger partial charge in [-0.05, 0) is 41.7 Å². The molecule has 3 rings (SSSR count). The minimum Gasteiger partial charge on any atom is -0.114 e. The first-order valence-corrected chi connectivity index (χ1v) is 10.8. The van der Waals surface area contributed by atoms with E-state index in [0.717, 1.165) is 0 Å². The summed E-state index contributed by atoms with van der Waals surface area (Å²) in [6.45, 7) is 4.66. The minimum atomic E-state index is -1.61. The summed E-state index contributed by atoms with van der Waals surface area (Å²) in [6.07, 6.45) is 2.47. The molecular weight excluding hydrogens is 387 g/mol. The molecular formula is C23H27BrP. The van der Waals surface area contributed by atoms with Gasteiger partial charge in [-0.1, -0.05) is 105 Å². The maximum absolute atomic E-state index is 2.33. The topological polar surface area (TPSA) is 0 Å². The number of halogens is 1. The largest absolute Gasteiger partial charge is 0.114 e. The van der Waals surface area contributed by atoms with Crippen LogP contribution in [0.1, 0.15) is 20.3 Å². The zero-order valence-electron chi connectivity index (χ0n) is 15.0. The summed E-state index contributed by atoms with van der Waals surface area (Å²) in [4.78, 5) is 0. The molecule has 0 amide bonds. The summed E-state index contributed by atoms with van der Waals surface area (Å²) >= 11 is 0. The van der Waals surface area contributed by atoms with E-state index < -0.39 is 7.26 Å². The highest BCUT2D eigenvalue weighted by atomic mass is 79.9. The van der Waals surface area contributed by atoms with Crippen molar-refractivity contribution in [1.29, 1.82) is 0 Å². The predicted octanol–water partition coefficient (Wildman–Crippen LogP) is 5.60. The lowest BCUT2D eigenvalue weighted by molar-refractivity contribution is 0.630. The van der Waals surface area contributed by atoms with Crippen LogP contribution < -0.4 is 15.9 Å². The van der Waals surface area contributed by atoms with E-state index in [0.29, 0.717) is 5.92 Å². The molecule has 0 saturated heterocycles. The van der Waals surface area contributed by atoms with Gasteiger partial charge >= 0.3 is 0 Å². The minimum absolute atomic E-state index is 0. The summed E-state index contributed by atoms with van der Waals surface area (Å²) in [7, 11) is -1.61. The number of rotatable bonds is 6. The molecule has 0 N–H and O–H groups in total. The fourth-order valence-corrected chi connectivity index (χ4v) is 7.95. The van der Waals surface area contributed by atoms with Crippen LogP contribution in [0.4, 0.5) is 0 Å². The van der Waals surface area contributed by atoms with Crippen molar-refractivity contribution in [3.05, 3.63) is 91.0 Å². The van der Waals surface area contributed by atoms with Crippen molar-refractivity contribution >= 4 is 40.2 Å². The van der Waals surface area contributed by atoms with Gasteiger partial charge in [0, 0.05) is 0 Å². The molecule has 0 saturated carbocycles. The second-order valence-corrected chi connectivity index (χ2v) is 10.3. The summed E-state index contributed by atoms with van der Waals surface area (Å²) in [5, 5.41) is 4.47. The first kappa shape index (κ1) is 19.9. The van der Waals surface area contributed by atoms with E-state index in [9.17, 15) is 0 Å². The normalized spacial score (nSPS) is 11.2. The fourth-order valence-electron chi connectivity index (χ4n) is 3.33. The highest BCUT2D eigenvalue weighted by molar-refractivity contribution is 8.93. The number of hydrogen-bond acceptors (Lipinski definition) is 0. The van der Waals surface area contributed by atoms with Gasteiger partial charge in [-0.3, -0.25) is 0 Å². The van der Waals surface area contributed by atoms with Gasteiger partial charge in [0.2, 0.25) is 0 Å². The SMILES string of the molecule is Br.CC(C)CC[P](c1ccccc1)(c1ccccc1)c1ccccc1. The smallest absolute Gasteiger partial charge is 0.0196 e. The van der Waals surface area contributed by atoms with E-state index in [2.05, 4.69) is 105 Å². The van der Waals surface area contributed by atoms with Crippen molar-refractivity contribution in [3.63, 3.8) is 0 Å². The summed E-state index contributed by atoms with van der Waals surface area (Å²) in [6, 6.07) is 33.4. The fraction of sp³-hybridized carbons (Fsp3) is 0.217. The zero-order chi connectivity index (χ0) is 16.8. The Morgan fingerprint density at radius 3 is 1.20 bits per heavy atom. The van der Waals surface area contributed by atoms with Gasteiger partial charge in [-0.25, -0.2) is 0 Å². The number of hydrogen-bond donors (Lipinski definition) is 0. The van der Waals surface area contributed by atoms with E-state index in [1.54, 1.807) is 0 Å². The molecule has 0 bridgehead atoms. The Morgan fingerprint density at radius 1 is 0.600 bits per heavy atom. The molecule has 0 nitrogen and oxygen atoms in total. The average Bonchev–Trinajstić information content (AvgIpc) is 2.65. The zero-order valence-corrected chi connectivity index (χ0v) is 17.6. The predicted molar refractivity (Wildman–Crippen MR) is 120 cm³/mol. The summed E-state index contributed by atoms with van der Waals surface area (Å²) < 4.78 is 0. The molecule has 2 heteroatoms. The molecule has 0 unspecified atom stereocenters. The Kier molecular flexibility index (Phi) is 7.41. The van der Waals surface area contributed by atoms with Crippen molar-refractivity contribution in [1.82, 2.24) is 0 Å². The number of benzene rings is 3. The molecule has 0 aliphatic rings. The first-order valence-electron chi connectivity index (χ1n) is 8.78. The van der Waals surface area contributed by atoms with Gasteiger partial charge in [0.15, 0.2) is 0 Å². The van der Waals surface area contributed by atoms with E-state index in [1.165, 1.54) is 28.5 Å². The molecule has 0 atom stereocenters. The highest BCUT2D eigenvalue weighted by Gasteiger charge is 2.33. The third-order valence-electron chi connectivity index (χ3n) is 4.63. The molecule has 3 aromatic carbocycles. The Morgan fingerprint density at radius 2 is 0.920 bits per heavy atom. The molecule has 3 aromatic rings. The van der Waals surface area contributed by atoms with Crippen LogP contribution in [0.25, 0.3) is 0 Å². The van der Waals surface area contributed by atoms with Gasteiger partial charge < -0.3 is 0 Å². The third kappa shape index (κ3) is 4.40. The van der Waals surface area contributed by atoms with E-state index in [1.807, 2.05) is 0 Å². The van der Waals surface area contributed by atoms with Crippen LogP contribution in [0.2, 0.25) is 0 Å². The van der Waals surface area contributed by atoms with E-state index in [-0.39, 0.29) is 17.0 Å². The van der Waals surface area contributed by atoms with Crippen LogP contribution in [0.3, 0.4) is 0 Å². The lowest BCUT2D eigenvalue weighted by Gasteiger charge is -2.39. The van der Waals surface area contributed by atoms with Gasteiger partial charge in [-0.15, -0.1) is 17.0 Å². The van der Waals surface area contributed by atoms with E-state index >= 15 is 0 Å². The lowest BCUT2D eigenvalue weighted by Crippen LogP contribution is -2.33. The summed E-state index contributed by atoms with van der Waals surface area (Å²) in [5.74, 6) is 0.709. The second-order valence-electron chi connectivity index (χ2n) is 6.72. The molecule has 0 aromatic heterocycles. The molecule has 0 aliphatic heterocycles. The van der Waals surface area contributed by atoms with Crippen LogP contribution in [-0.4, -0.2) is 6.16 Å². The van der Waals surface area contributed by atoms with Crippen LogP contribution in [0, 0.1) is 5.92 Å². The standard InChI is InChI=1S/C23H26P.BrH/c1-20(2)18-19-24(21-12-6-3-7-13-21,22-14-8-4-9-15-22)23-16-10-5-11-17-23;/h3-17,20H,18-19H2,1-2H3;1H. The molecule has 0 heterocycles. The van der Waals surface area contributed by atoms with Gasteiger partial charge in [0.05, 0.1) is 0 Å². The molecule has 0 spiro atoms. The molecule has 131 valence electrons. The van der Waals surface area contributed by atoms with Crippen molar-refractivity contribution in [2.75, 3.05) is 6.16 Å². The maximum atomic E-state index is 2.33. The summed E-state index contributed by atoms with van der Waals surface area (Å²) in [5.41, 5.74) is 0. The van der Waals surface area contributed by atoms with Crippen molar-refractivity contribution in [2.24, 2.45) is 5.92 Å². The van der Waals surface area contributed by atoms with Crippen molar-refractivity contribution < 1.29 is 0 Å². The van der Waals surface area contributed by atoms with Crippen LogP contribution in [0.5, 0.6) is 0 Å². The van der Waals surface area contributed by atoms with Crippen molar-refractivity contribution in [2.45, 2.75) is 20.3 Å².